The number of likely N-dealkylation sites (tertiary alicyclic amines) is 1. The monoisotopic (exact) mass is 496 g/mol. The second-order valence-electron chi connectivity index (χ2n) is 9.18. The molecule has 9 nitrogen and oxygen atoms in total. The Morgan fingerprint density at radius 1 is 1.00 bits per heavy atom. The van der Waals surface area contributed by atoms with Crippen LogP contribution >= 0.6 is 0 Å². The van der Waals surface area contributed by atoms with Crippen molar-refractivity contribution in [3.8, 4) is 5.69 Å². The van der Waals surface area contributed by atoms with Crippen LogP contribution in [0.1, 0.15) is 28.9 Å². The van der Waals surface area contributed by atoms with Crippen molar-refractivity contribution in [1.29, 1.82) is 0 Å². The maximum atomic E-state index is 13.6. The molecule has 1 amide bonds. The third-order valence-corrected chi connectivity index (χ3v) is 6.81. The SMILES string of the molecule is O=C(c1ccccc1-n1nccn1)N1CC2=CN(c3cc(C(F)(F)F)nc(N4CCCC4)n3)CC2C1. The van der Waals surface area contributed by atoms with Crippen molar-refractivity contribution in [1.82, 2.24) is 29.9 Å². The molecular weight excluding hydrogens is 473 g/mol. The molecule has 186 valence electrons. The molecule has 2 saturated heterocycles. The molecule has 0 spiro atoms. The Balaban J connectivity index is 1.24. The van der Waals surface area contributed by atoms with Gasteiger partial charge in [-0.25, -0.2) is 4.98 Å². The third kappa shape index (κ3) is 4.06. The molecule has 0 bridgehead atoms. The number of hydrogen-bond acceptors (Lipinski definition) is 7. The summed E-state index contributed by atoms with van der Waals surface area (Å²) in [5.41, 5.74) is 1.14. The van der Waals surface area contributed by atoms with Gasteiger partial charge in [0.15, 0.2) is 5.69 Å². The van der Waals surface area contributed by atoms with Crippen molar-refractivity contribution < 1.29 is 18.0 Å². The molecule has 1 aromatic carbocycles. The minimum absolute atomic E-state index is 0.0171. The molecule has 3 aliphatic heterocycles. The molecule has 0 saturated carbocycles. The Labute approximate surface area is 204 Å². The number of anilines is 2. The summed E-state index contributed by atoms with van der Waals surface area (Å²) in [5.74, 6) is 0.230. The van der Waals surface area contributed by atoms with E-state index in [1.165, 1.54) is 4.80 Å². The molecule has 6 rings (SSSR count). The number of carbonyl (C=O) groups is 1. The van der Waals surface area contributed by atoms with Gasteiger partial charge in [-0.3, -0.25) is 4.79 Å². The minimum atomic E-state index is -4.56. The molecule has 1 atom stereocenters. The molecule has 3 aliphatic rings. The molecule has 36 heavy (non-hydrogen) atoms. The van der Waals surface area contributed by atoms with Crippen molar-refractivity contribution >= 4 is 17.7 Å². The van der Waals surface area contributed by atoms with Gasteiger partial charge >= 0.3 is 6.18 Å². The topological polar surface area (TPSA) is 83.3 Å². The van der Waals surface area contributed by atoms with E-state index in [4.69, 9.17) is 0 Å². The lowest BCUT2D eigenvalue weighted by molar-refractivity contribution is -0.141. The van der Waals surface area contributed by atoms with E-state index in [0.29, 0.717) is 44.0 Å². The molecule has 0 aliphatic carbocycles. The van der Waals surface area contributed by atoms with Gasteiger partial charge in [0, 0.05) is 50.9 Å². The fourth-order valence-corrected chi connectivity index (χ4v) is 5.04. The number of fused-ring (bicyclic) bond motifs is 1. The number of carbonyl (C=O) groups excluding carboxylic acids is 1. The second kappa shape index (κ2) is 8.61. The summed E-state index contributed by atoms with van der Waals surface area (Å²) in [4.78, 5) is 28.4. The number of benzene rings is 1. The van der Waals surface area contributed by atoms with Crippen molar-refractivity contribution in [3.63, 3.8) is 0 Å². The van der Waals surface area contributed by atoms with Gasteiger partial charge in [0.1, 0.15) is 5.82 Å². The second-order valence-corrected chi connectivity index (χ2v) is 9.18. The molecule has 3 aromatic rings. The van der Waals surface area contributed by atoms with E-state index in [1.54, 1.807) is 45.3 Å². The van der Waals surface area contributed by atoms with Gasteiger partial charge in [-0.2, -0.15) is 33.1 Å². The summed E-state index contributed by atoms with van der Waals surface area (Å²) in [6, 6.07) is 8.16. The predicted molar refractivity (Wildman–Crippen MR) is 125 cm³/mol. The summed E-state index contributed by atoms with van der Waals surface area (Å²) in [6.07, 6.45) is 2.19. The molecule has 0 radical (unpaired) electrons. The van der Waals surface area contributed by atoms with Crippen LogP contribution in [0, 0.1) is 5.92 Å². The number of aromatic nitrogens is 5. The van der Waals surface area contributed by atoms with E-state index in [9.17, 15) is 18.0 Å². The molecular formula is C24H23F3N8O. The lowest BCUT2D eigenvalue weighted by Crippen LogP contribution is -2.32. The molecule has 1 unspecified atom stereocenters. The highest BCUT2D eigenvalue weighted by Crippen LogP contribution is 2.36. The first-order chi connectivity index (χ1) is 17.4. The Kier molecular flexibility index (Phi) is 5.38. The Bertz CT molecular complexity index is 1320. The van der Waals surface area contributed by atoms with Gasteiger partial charge < -0.3 is 14.7 Å². The molecule has 2 aromatic heterocycles. The number of amides is 1. The third-order valence-electron chi connectivity index (χ3n) is 6.81. The first-order valence-corrected chi connectivity index (χ1v) is 11.8. The molecule has 5 heterocycles. The first kappa shape index (κ1) is 22.5. The lowest BCUT2D eigenvalue weighted by Gasteiger charge is -2.23. The number of hydrogen-bond donors (Lipinski definition) is 0. The van der Waals surface area contributed by atoms with Crippen LogP contribution in [0.25, 0.3) is 5.69 Å². The average Bonchev–Trinajstić information content (AvgIpc) is 3.66. The van der Waals surface area contributed by atoms with Crippen LogP contribution in [0.15, 0.2) is 54.5 Å². The van der Waals surface area contributed by atoms with Gasteiger partial charge in [-0.15, -0.1) is 0 Å². The fourth-order valence-electron chi connectivity index (χ4n) is 5.04. The smallest absolute Gasteiger partial charge is 0.341 e. The zero-order chi connectivity index (χ0) is 24.9. The van der Waals surface area contributed by atoms with Crippen molar-refractivity contribution in [2.75, 3.05) is 42.5 Å². The van der Waals surface area contributed by atoms with Gasteiger partial charge in [0.05, 0.1) is 23.6 Å². The molecule has 2 fully saturated rings. The molecule has 12 heteroatoms. The summed E-state index contributed by atoms with van der Waals surface area (Å²) < 4.78 is 40.8. The fraction of sp³-hybridized carbons (Fsp3) is 0.375. The highest BCUT2D eigenvalue weighted by Gasteiger charge is 2.39. The van der Waals surface area contributed by atoms with Crippen LogP contribution in [0.5, 0.6) is 0 Å². The highest BCUT2D eigenvalue weighted by atomic mass is 19.4. The van der Waals surface area contributed by atoms with Crippen LogP contribution in [0.3, 0.4) is 0 Å². The number of para-hydroxylation sites is 1. The number of alkyl halides is 3. The molecule has 0 N–H and O–H groups in total. The van der Waals surface area contributed by atoms with E-state index in [1.807, 2.05) is 12.3 Å². The van der Waals surface area contributed by atoms with Gasteiger partial charge in [-0.05, 0) is 30.5 Å². The number of rotatable bonds is 4. The zero-order valence-electron chi connectivity index (χ0n) is 19.3. The normalized spacial score (nSPS) is 19.7. The Morgan fingerprint density at radius 3 is 2.47 bits per heavy atom. The first-order valence-electron chi connectivity index (χ1n) is 11.8. The van der Waals surface area contributed by atoms with E-state index < -0.39 is 11.9 Å². The predicted octanol–water partition coefficient (Wildman–Crippen LogP) is 3.15. The van der Waals surface area contributed by atoms with Gasteiger partial charge in [-0.1, -0.05) is 12.1 Å². The highest BCUT2D eigenvalue weighted by molar-refractivity contribution is 5.98. The largest absolute Gasteiger partial charge is 0.433 e. The quantitative estimate of drug-likeness (QED) is 0.549. The number of nitrogens with zero attached hydrogens (tertiary/aromatic N) is 8. The standard InChI is InChI=1S/C24H23F3N8O/c25-24(26,27)20-11-21(31-23(30-20)32-9-3-4-10-32)33-12-16-14-34(15-17(16)13-33)22(36)18-5-1-2-6-19(18)35-28-7-8-29-35/h1-2,5-8,11-12,17H,3-4,9-10,13-15H2. The van der Waals surface area contributed by atoms with Crippen LogP contribution in [-0.2, 0) is 6.18 Å². The van der Waals surface area contributed by atoms with Crippen LogP contribution in [-0.4, -0.2) is 68.5 Å². The van der Waals surface area contributed by atoms with Crippen molar-refractivity contribution in [2.45, 2.75) is 19.0 Å². The van der Waals surface area contributed by atoms with Gasteiger partial charge in [0.25, 0.3) is 5.91 Å². The lowest BCUT2D eigenvalue weighted by atomic mass is 10.1. The summed E-state index contributed by atoms with van der Waals surface area (Å²) >= 11 is 0. The van der Waals surface area contributed by atoms with Crippen LogP contribution < -0.4 is 9.80 Å². The van der Waals surface area contributed by atoms with Crippen molar-refractivity contribution in [2.24, 2.45) is 5.92 Å². The average molecular weight is 496 g/mol. The minimum Gasteiger partial charge on any atom is -0.341 e. The maximum Gasteiger partial charge on any atom is 0.433 e. The van der Waals surface area contributed by atoms with Crippen LogP contribution in [0.2, 0.25) is 0 Å². The zero-order valence-corrected chi connectivity index (χ0v) is 19.3. The van der Waals surface area contributed by atoms with E-state index in [2.05, 4.69) is 20.2 Å². The number of halogens is 3. The summed E-state index contributed by atoms with van der Waals surface area (Å²) in [6.45, 7) is 2.62. The Morgan fingerprint density at radius 2 is 1.75 bits per heavy atom. The van der Waals surface area contributed by atoms with Gasteiger partial charge in [0.2, 0.25) is 5.95 Å². The van der Waals surface area contributed by atoms with E-state index in [0.717, 1.165) is 24.5 Å². The van der Waals surface area contributed by atoms with Crippen LogP contribution in [0.4, 0.5) is 24.9 Å². The van der Waals surface area contributed by atoms with E-state index in [-0.39, 0.29) is 23.6 Å². The summed E-state index contributed by atoms with van der Waals surface area (Å²) in [7, 11) is 0. The van der Waals surface area contributed by atoms with Crippen molar-refractivity contribution in [3.05, 3.63) is 65.8 Å². The van der Waals surface area contributed by atoms with E-state index >= 15 is 0 Å². The maximum absolute atomic E-state index is 13.6. The Hall–Kier alpha value is -3.96. The summed E-state index contributed by atoms with van der Waals surface area (Å²) in [5, 5.41) is 8.28.